The van der Waals surface area contributed by atoms with Crippen molar-refractivity contribution in [3.8, 4) is 22.9 Å². The third-order valence-electron chi connectivity index (χ3n) is 5.45. The molecule has 1 amide bonds. The van der Waals surface area contributed by atoms with E-state index in [1.165, 1.54) is 23.4 Å². The van der Waals surface area contributed by atoms with Crippen molar-refractivity contribution in [3.63, 3.8) is 0 Å². The van der Waals surface area contributed by atoms with Gasteiger partial charge in [-0.05, 0) is 39.0 Å². The lowest BCUT2D eigenvalue weighted by Crippen LogP contribution is -2.51. The van der Waals surface area contributed by atoms with Gasteiger partial charge in [0.2, 0.25) is 17.6 Å². The zero-order valence-electron chi connectivity index (χ0n) is 20.8. The first-order chi connectivity index (χ1) is 17.9. The van der Waals surface area contributed by atoms with Gasteiger partial charge in [0.1, 0.15) is 17.5 Å². The number of anilines is 2. The molecule has 1 aromatic carbocycles. The number of nitrogens with zero attached hydrogens (tertiary/aromatic N) is 4. The molecule has 3 aromatic rings. The van der Waals surface area contributed by atoms with E-state index in [2.05, 4.69) is 20.3 Å². The van der Waals surface area contributed by atoms with Crippen LogP contribution in [0.25, 0.3) is 11.3 Å². The van der Waals surface area contributed by atoms with Crippen LogP contribution in [0.5, 0.6) is 11.6 Å². The van der Waals surface area contributed by atoms with E-state index in [-0.39, 0.29) is 42.6 Å². The molecule has 9 nitrogen and oxygen atoms in total. The average molecular weight is 535 g/mol. The van der Waals surface area contributed by atoms with Gasteiger partial charge in [-0.25, -0.2) is 32.9 Å². The minimum absolute atomic E-state index is 0.0900. The van der Waals surface area contributed by atoms with Crippen LogP contribution in [0, 0.1) is 17.5 Å². The highest BCUT2D eigenvalue weighted by atomic mass is 19.2. The Morgan fingerprint density at radius 1 is 1.13 bits per heavy atom. The molecule has 0 bridgehead atoms. The number of carbonyl (C=O) groups is 1. The molecule has 1 fully saturated rings. The second kappa shape index (κ2) is 10.7. The average Bonchev–Trinajstić information content (AvgIpc) is 2.85. The van der Waals surface area contributed by atoms with Crippen molar-refractivity contribution in [2.75, 3.05) is 24.1 Å². The largest absolute Gasteiger partial charge is 0.444 e. The first kappa shape index (κ1) is 26.9. The number of pyridine rings is 1. The first-order valence-electron chi connectivity index (χ1n) is 11.7. The van der Waals surface area contributed by atoms with Crippen molar-refractivity contribution >= 4 is 17.7 Å². The van der Waals surface area contributed by atoms with Crippen LogP contribution in [0.1, 0.15) is 27.2 Å². The fraction of sp³-hybridized carbons (Fsp3) is 0.360. The quantitative estimate of drug-likeness (QED) is 0.264. The molecule has 3 N–H and O–H groups in total. The Labute approximate surface area is 216 Å². The number of carbonyl (C=O) groups excluding carboxylic acids is 1. The molecule has 2 atom stereocenters. The van der Waals surface area contributed by atoms with Gasteiger partial charge in [0.25, 0.3) is 0 Å². The van der Waals surface area contributed by atoms with E-state index in [0.29, 0.717) is 6.07 Å². The van der Waals surface area contributed by atoms with Gasteiger partial charge in [0.15, 0.2) is 17.4 Å². The molecule has 0 aliphatic carbocycles. The summed E-state index contributed by atoms with van der Waals surface area (Å²) in [4.78, 5) is 26.3. The summed E-state index contributed by atoms with van der Waals surface area (Å²) < 4.78 is 67.3. The van der Waals surface area contributed by atoms with Gasteiger partial charge in [-0.1, -0.05) is 0 Å². The van der Waals surface area contributed by atoms with Gasteiger partial charge in [0.05, 0.1) is 17.8 Å². The van der Waals surface area contributed by atoms with Crippen molar-refractivity contribution < 1.29 is 31.8 Å². The van der Waals surface area contributed by atoms with E-state index in [1.54, 1.807) is 32.9 Å². The number of amides is 1. The highest BCUT2D eigenvalue weighted by Gasteiger charge is 2.33. The summed E-state index contributed by atoms with van der Waals surface area (Å²) in [6.45, 7) is 5.25. The van der Waals surface area contributed by atoms with Gasteiger partial charge in [-0.15, -0.1) is 0 Å². The molecule has 3 heterocycles. The SMILES string of the molecule is CC(C)(C)OC(=O)N1C[C@@H](F)C[C@H](Nc2nccc(-c3cccnc3Oc3cc(F)c(N)c(F)c3F)n2)C1. The number of hydrogen-bond acceptors (Lipinski definition) is 8. The van der Waals surface area contributed by atoms with E-state index in [1.807, 2.05) is 0 Å². The van der Waals surface area contributed by atoms with E-state index in [9.17, 15) is 22.4 Å². The Hall–Kier alpha value is -4.16. The van der Waals surface area contributed by atoms with Gasteiger partial charge in [0, 0.05) is 37.5 Å². The highest BCUT2D eigenvalue weighted by molar-refractivity contribution is 5.69. The van der Waals surface area contributed by atoms with Gasteiger partial charge < -0.3 is 25.4 Å². The third-order valence-corrected chi connectivity index (χ3v) is 5.45. The highest BCUT2D eigenvalue weighted by Crippen LogP contribution is 2.34. The summed E-state index contributed by atoms with van der Waals surface area (Å²) in [6, 6.07) is 4.73. The van der Waals surface area contributed by atoms with Gasteiger partial charge in [-0.2, -0.15) is 4.39 Å². The van der Waals surface area contributed by atoms with Crippen LogP contribution in [0.3, 0.4) is 0 Å². The van der Waals surface area contributed by atoms with E-state index < -0.39 is 52.8 Å². The second-order valence-electron chi connectivity index (χ2n) is 9.68. The Morgan fingerprint density at radius 3 is 2.63 bits per heavy atom. The number of halogens is 4. The molecule has 4 rings (SSSR count). The van der Waals surface area contributed by atoms with Crippen LogP contribution in [-0.2, 0) is 4.74 Å². The lowest BCUT2D eigenvalue weighted by Gasteiger charge is -2.36. The van der Waals surface area contributed by atoms with E-state index in [0.717, 1.165) is 0 Å². The maximum atomic E-state index is 14.5. The monoisotopic (exact) mass is 534 g/mol. The number of aromatic nitrogens is 3. The van der Waals surface area contributed by atoms with Gasteiger partial charge in [-0.3, -0.25) is 0 Å². The predicted molar refractivity (Wildman–Crippen MR) is 131 cm³/mol. The Bertz CT molecular complexity index is 1340. The summed E-state index contributed by atoms with van der Waals surface area (Å²) in [5, 5.41) is 3.02. The third kappa shape index (κ3) is 6.21. The molecular weight excluding hydrogens is 508 g/mol. The molecule has 1 aliphatic heterocycles. The molecule has 0 radical (unpaired) electrons. The summed E-state index contributed by atoms with van der Waals surface area (Å²) in [5.74, 6) is -5.05. The fourth-order valence-corrected chi connectivity index (χ4v) is 3.81. The lowest BCUT2D eigenvalue weighted by molar-refractivity contribution is 0.0124. The molecule has 0 unspecified atom stereocenters. The number of piperidine rings is 1. The van der Waals surface area contributed by atoms with E-state index in [4.69, 9.17) is 15.2 Å². The number of hydrogen-bond donors (Lipinski definition) is 2. The zero-order chi connectivity index (χ0) is 27.6. The standard InChI is InChI=1S/C25H26F4N6O3/c1-25(2,3)38-24(36)35-11-13(26)9-14(12-35)33-23-32-8-6-17(34-23)15-5-4-7-31-22(15)37-18-10-16(27)21(30)20(29)19(18)28/h4-8,10,13-14H,9,11-12,30H2,1-3H3,(H,32,33,34)/t13-,14-/m0/s1. The van der Waals surface area contributed by atoms with Crippen molar-refractivity contribution in [3.05, 3.63) is 54.1 Å². The summed E-state index contributed by atoms with van der Waals surface area (Å²) >= 11 is 0. The topological polar surface area (TPSA) is 115 Å². The lowest BCUT2D eigenvalue weighted by atomic mass is 10.0. The van der Waals surface area contributed by atoms with Crippen LogP contribution >= 0.6 is 0 Å². The number of nitrogen functional groups attached to an aromatic ring is 1. The Balaban J connectivity index is 1.55. The number of rotatable bonds is 5. The number of likely N-dealkylation sites (tertiary alicyclic amines) is 1. The molecule has 1 aliphatic rings. The molecule has 202 valence electrons. The minimum Gasteiger partial charge on any atom is -0.444 e. The predicted octanol–water partition coefficient (Wildman–Crippen LogP) is 5.09. The smallest absolute Gasteiger partial charge is 0.410 e. The molecule has 0 saturated carbocycles. The van der Waals surface area contributed by atoms with Crippen molar-refractivity contribution in [1.29, 1.82) is 0 Å². The van der Waals surface area contributed by atoms with E-state index >= 15 is 0 Å². The number of ether oxygens (including phenoxy) is 2. The zero-order valence-corrected chi connectivity index (χ0v) is 20.8. The minimum atomic E-state index is -1.58. The van der Waals surface area contributed by atoms with Crippen molar-refractivity contribution in [2.24, 2.45) is 0 Å². The van der Waals surface area contributed by atoms with Crippen LogP contribution < -0.4 is 15.8 Å². The van der Waals surface area contributed by atoms with Crippen LogP contribution in [0.15, 0.2) is 36.7 Å². The van der Waals surface area contributed by atoms with Crippen LogP contribution in [0.2, 0.25) is 0 Å². The molecule has 13 heteroatoms. The van der Waals surface area contributed by atoms with Gasteiger partial charge >= 0.3 is 6.09 Å². The normalized spacial score (nSPS) is 17.7. The first-order valence-corrected chi connectivity index (χ1v) is 11.7. The molecule has 1 saturated heterocycles. The van der Waals surface area contributed by atoms with Crippen molar-refractivity contribution in [1.82, 2.24) is 19.9 Å². The second-order valence-corrected chi connectivity index (χ2v) is 9.68. The fourth-order valence-electron chi connectivity index (χ4n) is 3.81. The Kier molecular flexibility index (Phi) is 7.56. The summed E-state index contributed by atoms with van der Waals surface area (Å²) in [7, 11) is 0. The summed E-state index contributed by atoms with van der Waals surface area (Å²) in [5.41, 5.74) is 4.03. The molecule has 0 spiro atoms. The Morgan fingerprint density at radius 2 is 1.89 bits per heavy atom. The van der Waals surface area contributed by atoms with Crippen molar-refractivity contribution in [2.45, 2.75) is 45.0 Å². The molecule has 2 aromatic heterocycles. The number of nitrogens with one attached hydrogen (secondary N) is 1. The number of nitrogens with two attached hydrogens (primary N) is 1. The number of alkyl halides is 1. The number of benzene rings is 1. The maximum Gasteiger partial charge on any atom is 0.410 e. The van der Waals surface area contributed by atoms with Crippen LogP contribution in [0.4, 0.5) is 34.0 Å². The summed E-state index contributed by atoms with van der Waals surface area (Å²) in [6.07, 6.45) is 0.968. The molecule has 38 heavy (non-hydrogen) atoms. The maximum absolute atomic E-state index is 14.5. The van der Waals surface area contributed by atoms with Crippen LogP contribution in [-0.4, -0.2) is 56.8 Å². The molecular formula is C25H26F4N6O3.